The van der Waals surface area contributed by atoms with Gasteiger partial charge in [-0.05, 0) is 19.4 Å². The Hall–Kier alpha value is 0.110. The Labute approximate surface area is 91.1 Å². The van der Waals surface area contributed by atoms with E-state index in [1.54, 1.807) is 20.8 Å². The molecule has 1 saturated heterocycles. The summed E-state index contributed by atoms with van der Waals surface area (Å²) in [4.78, 5) is 0. The Morgan fingerprint density at radius 1 is 1.21 bits per heavy atom. The van der Waals surface area contributed by atoms with Gasteiger partial charge in [0.05, 0.1) is 0 Å². The summed E-state index contributed by atoms with van der Waals surface area (Å²) in [7, 11) is 0. The van der Waals surface area contributed by atoms with E-state index in [9.17, 15) is 8.78 Å². The lowest BCUT2D eigenvalue weighted by Gasteiger charge is -2.38. The van der Waals surface area contributed by atoms with Crippen LogP contribution in [0.25, 0.3) is 0 Å². The highest BCUT2D eigenvalue weighted by Gasteiger charge is 2.49. The number of rotatable bonds is 1. The minimum Gasteiger partial charge on any atom is -0.316 e. The van der Waals surface area contributed by atoms with Gasteiger partial charge in [-0.1, -0.05) is 20.8 Å². The highest BCUT2D eigenvalue weighted by atomic mass is 35.5. The summed E-state index contributed by atoms with van der Waals surface area (Å²) in [5.74, 6) is -3.04. The Kier molecular flexibility index (Phi) is 4.79. The van der Waals surface area contributed by atoms with Crippen LogP contribution in [-0.2, 0) is 0 Å². The number of hydrogen-bond donors (Lipinski definition) is 1. The second-order valence-corrected chi connectivity index (χ2v) is 4.92. The zero-order valence-corrected chi connectivity index (χ0v) is 9.89. The van der Waals surface area contributed by atoms with Crippen molar-refractivity contribution in [2.45, 2.75) is 39.5 Å². The van der Waals surface area contributed by atoms with Crippen molar-refractivity contribution in [3.05, 3.63) is 0 Å². The lowest BCUT2D eigenvalue weighted by molar-refractivity contribution is -0.147. The average Bonchev–Trinajstić information content (AvgIpc) is 2.04. The van der Waals surface area contributed by atoms with E-state index in [1.807, 2.05) is 0 Å². The first-order valence-corrected chi connectivity index (χ1v) is 4.94. The molecule has 1 nitrogen and oxygen atoms in total. The molecule has 1 rings (SSSR count). The van der Waals surface area contributed by atoms with Crippen molar-refractivity contribution in [2.75, 3.05) is 13.1 Å². The van der Waals surface area contributed by atoms with Crippen molar-refractivity contribution in [2.24, 2.45) is 11.3 Å². The predicted octanol–water partition coefficient (Wildman–Crippen LogP) is 3.09. The van der Waals surface area contributed by atoms with Gasteiger partial charge in [0.2, 0.25) is 0 Å². The van der Waals surface area contributed by atoms with E-state index in [-0.39, 0.29) is 12.4 Å². The molecule has 0 aromatic heterocycles. The number of piperidine rings is 1. The van der Waals surface area contributed by atoms with Crippen LogP contribution in [0.15, 0.2) is 0 Å². The lowest BCUT2D eigenvalue weighted by atomic mass is 9.77. The minimum absolute atomic E-state index is 0. The zero-order chi connectivity index (χ0) is 10.1. The van der Waals surface area contributed by atoms with Crippen LogP contribution in [0.4, 0.5) is 8.78 Å². The van der Waals surface area contributed by atoms with E-state index in [4.69, 9.17) is 0 Å². The molecule has 1 heterocycles. The summed E-state index contributed by atoms with van der Waals surface area (Å²) in [6.45, 7) is 6.19. The predicted molar refractivity (Wildman–Crippen MR) is 57.2 cm³/mol. The highest BCUT2D eigenvalue weighted by molar-refractivity contribution is 5.85. The third-order valence-electron chi connectivity index (χ3n) is 2.81. The molecule has 14 heavy (non-hydrogen) atoms. The fraction of sp³-hybridized carbons (Fsp3) is 1.00. The quantitative estimate of drug-likeness (QED) is 0.726. The molecule has 0 radical (unpaired) electrons. The molecule has 0 spiro atoms. The van der Waals surface area contributed by atoms with Gasteiger partial charge in [-0.2, -0.15) is 0 Å². The molecule has 0 amide bonds. The molecule has 86 valence electrons. The zero-order valence-electron chi connectivity index (χ0n) is 9.07. The molecule has 0 saturated carbocycles. The third-order valence-corrected chi connectivity index (χ3v) is 2.81. The van der Waals surface area contributed by atoms with Crippen molar-refractivity contribution < 1.29 is 8.78 Å². The fourth-order valence-electron chi connectivity index (χ4n) is 1.77. The molecule has 1 aliphatic rings. The van der Waals surface area contributed by atoms with Crippen molar-refractivity contribution in [1.82, 2.24) is 5.32 Å². The maximum atomic E-state index is 13.8. The van der Waals surface area contributed by atoms with Gasteiger partial charge >= 0.3 is 0 Å². The minimum atomic E-state index is -2.56. The maximum Gasteiger partial charge on any atom is 0.256 e. The van der Waals surface area contributed by atoms with Crippen molar-refractivity contribution in [3.8, 4) is 0 Å². The summed E-state index contributed by atoms with van der Waals surface area (Å²) in [5, 5.41) is 3.03. The molecule has 1 fully saturated rings. The highest BCUT2D eigenvalue weighted by Crippen LogP contribution is 2.43. The number of alkyl halides is 2. The second-order valence-electron chi connectivity index (χ2n) is 4.92. The molecule has 0 aromatic rings. The van der Waals surface area contributed by atoms with E-state index in [2.05, 4.69) is 5.32 Å². The van der Waals surface area contributed by atoms with Crippen LogP contribution in [0.1, 0.15) is 33.6 Å². The summed E-state index contributed by atoms with van der Waals surface area (Å²) < 4.78 is 27.6. The Morgan fingerprint density at radius 2 is 1.79 bits per heavy atom. The Bertz CT molecular complexity index is 171. The van der Waals surface area contributed by atoms with Crippen LogP contribution in [0, 0.1) is 11.3 Å². The first kappa shape index (κ1) is 14.1. The normalized spacial score (nSPS) is 24.2. The number of halogens is 3. The van der Waals surface area contributed by atoms with Gasteiger partial charge in [0, 0.05) is 17.9 Å². The lowest BCUT2D eigenvalue weighted by Crippen LogP contribution is -2.47. The van der Waals surface area contributed by atoms with E-state index >= 15 is 0 Å². The van der Waals surface area contributed by atoms with Crippen LogP contribution in [0.2, 0.25) is 0 Å². The smallest absolute Gasteiger partial charge is 0.256 e. The number of hydrogen-bond acceptors (Lipinski definition) is 1. The Morgan fingerprint density at radius 3 is 2.14 bits per heavy atom. The molecular weight excluding hydrogens is 208 g/mol. The van der Waals surface area contributed by atoms with Gasteiger partial charge < -0.3 is 5.32 Å². The fourth-order valence-corrected chi connectivity index (χ4v) is 1.77. The van der Waals surface area contributed by atoms with Gasteiger partial charge in [-0.15, -0.1) is 12.4 Å². The van der Waals surface area contributed by atoms with Crippen LogP contribution >= 0.6 is 12.4 Å². The summed E-state index contributed by atoms with van der Waals surface area (Å²) in [5.41, 5.74) is -0.920. The van der Waals surface area contributed by atoms with E-state index in [0.29, 0.717) is 13.0 Å². The van der Waals surface area contributed by atoms with Crippen molar-refractivity contribution >= 4 is 12.4 Å². The average molecular weight is 228 g/mol. The van der Waals surface area contributed by atoms with Crippen LogP contribution in [0.3, 0.4) is 0 Å². The van der Waals surface area contributed by atoms with Crippen LogP contribution in [-0.4, -0.2) is 19.0 Å². The molecule has 4 heteroatoms. The van der Waals surface area contributed by atoms with Crippen LogP contribution < -0.4 is 5.32 Å². The summed E-state index contributed by atoms with van der Waals surface area (Å²) >= 11 is 0. The maximum absolute atomic E-state index is 13.8. The molecule has 0 aromatic carbocycles. The first-order chi connectivity index (χ1) is 5.86. The standard InChI is InChI=1S/C10H19F2N.ClH/c1-9(2,3)10(11,12)8-5-4-6-13-7-8;/h8,13H,4-7H2,1-3H3;1H. The van der Waals surface area contributed by atoms with Crippen LogP contribution in [0.5, 0.6) is 0 Å². The van der Waals surface area contributed by atoms with Gasteiger partial charge in [0.25, 0.3) is 5.92 Å². The first-order valence-electron chi connectivity index (χ1n) is 4.94. The molecule has 0 aliphatic carbocycles. The number of nitrogens with one attached hydrogen (secondary N) is 1. The second kappa shape index (κ2) is 4.75. The summed E-state index contributed by atoms with van der Waals surface area (Å²) in [6.07, 6.45) is 1.52. The molecular formula is C10H20ClF2N. The van der Waals surface area contributed by atoms with Gasteiger partial charge in [-0.25, -0.2) is 8.78 Å². The van der Waals surface area contributed by atoms with Crippen molar-refractivity contribution in [3.63, 3.8) is 0 Å². The molecule has 1 aliphatic heterocycles. The van der Waals surface area contributed by atoms with E-state index in [1.165, 1.54) is 0 Å². The van der Waals surface area contributed by atoms with E-state index in [0.717, 1.165) is 13.0 Å². The molecule has 1 N–H and O–H groups in total. The van der Waals surface area contributed by atoms with Crippen molar-refractivity contribution in [1.29, 1.82) is 0 Å². The van der Waals surface area contributed by atoms with Gasteiger partial charge in [0.1, 0.15) is 0 Å². The molecule has 1 atom stereocenters. The summed E-state index contributed by atoms with van der Waals surface area (Å²) in [6, 6.07) is 0. The molecule has 0 bridgehead atoms. The monoisotopic (exact) mass is 227 g/mol. The largest absolute Gasteiger partial charge is 0.316 e. The molecule has 1 unspecified atom stereocenters. The topological polar surface area (TPSA) is 12.0 Å². The van der Waals surface area contributed by atoms with E-state index < -0.39 is 17.3 Å². The SMILES string of the molecule is CC(C)(C)C(F)(F)C1CCCNC1.Cl. The van der Waals surface area contributed by atoms with Gasteiger partial charge in [0.15, 0.2) is 0 Å². The Balaban J connectivity index is 0.00000169. The third kappa shape index (κ3) is 2.80. The van der Waals surface area contributed by atoms with Gasteiger partial charge in [-0.3, -0.25) is 0 Å².